The third kappa shape index (κ3) is 2.24. The van der Waals surface area contributed by atoms with Crippen LogP contribution in [0, 0.1) is 5.41 Å². The summed E-state index contributed by atoms with van der Waals surface area (Å²) in [7, 11) is 0. The van der Waals surface area contributed by atoms with Crippen molar-refractivity contribution >= 4 is 11.8 Å². The number of likely N-dealkylation sites (tertiary alicyclic amines) is 1. The van der Waals surface area contributed by atoms with Gasteiger partial charge in [0.2, 0.25) is 11.8 Å². The summed E-state index contributed by atoms with van der Waals surface area (Å²) in [6, 6.07) is 0.684. The topological polar surface area (TPSA) is 43.9 Å². The second-order valence-electron chi connectivity index (χ2n) is 6.48. The van der Waals surface area contributed by atoms with Gasteiger partial charge in [-0.05, 0) is 12.8 Å². The van der Waals surface area contributed by atoms with E-state index in [2.05, 4.69) is 4.90 Å². The zero-order valence-electron chi connectivity index (χ0n) is 11.9. The van der Waals surface area contributed by atoms with Gasteiger partial charge >= 0.3 is 0 Å². The fraction of sp³-hybridized carbons (Fsp3) is 0.857. The van der Waals surface area contributed by atoms with E-state index in [4.69, 9.17) is 0 Å². The molecule has 5 heteroatoms. The Morgan fingerprint density at radius 2 is 1.42 bits per heavy atom. The molecule has 0 bridgehead atoms. The van der Waals surface area contributed by atoms with Crippen LogP contribution in [0.1, 0.15) is 26.7 Å². The summed E-state index contributed by atoms with van der Waals surface area (Å²) in [5.74, 6) is 0.407. The average molecular weight is 265 g/mol. The molecule has 19 heavy (non-hydrogen) atoms. The Bertz CT molecular complexity index is 387. The Labute approximate surface area is 114 Å². The summed E-state index contributed by atoms with van der Waals surface area (Å²) in [5.41, 5.74) is 0.439. The normalized spacial score (nSPS) is 27.1. The lowest BCUT2D eigenvalue weighted by molar-refractivity contribution is -0.156. The van der Waals surface area contributed by atoms with E-state index >= 15 is 0 Å². The summed E-state index contributed by atoms with van der Waals surface area (Å²) < 4.78 is 0. The molecule has 2 saturated heterocycles. The maximum atomic E-state index is 11.3. The third-order valence-electron chi connectivity index (χ3n) is 5.11. The van der Waals surface area contributed by atoms with Gasteiger partial charge in [-0.25, -0.2) is 0 Å². The molecule has 0 N–H and O–H groups in total. The summed E-state index contributed by atoms with van der Waals surface area (Å²) >= 11 is 0. The largest absolute Gasteiger partial charge is 0.342 e. The predicted molar refractivity (Wildman–Crippen MR) is 71.5 cm³/mol. The summed E-state index contributed by atoms with van der Waals surface area (Å²) in [6.45, 7) is 9.01. The van der Waals surface area contributed by atoms with Crippen molar-refractivity contribution in [3.8, 4) is 0 Å². The number of carbonyl (C=O) groups is 2. The molecular formula is C14H23N3O2. The fourth-order valence-corrected chi connectivity index (χ4v) is 3.84. The molecule has 1 spiro atoms. The van der Waals surface area contributed by atoms with Crippen molar-refractivity contribution in [2.24, 2.45) is 5.41 Å². The third-order valence-corrected chi connectivity index (χ3v) is 5.11. The van der Waals surface area contributed by atoms with Gasteiger partial charge in [-0.3, -0.25) is 14.5 Å². The standard InChI is InChI=1S/C14H23N3O2/c1-11(18)15-3-5-16(6-4-15)13-7-14(8-13)9-17(10-14)12(2)19/h13H,3-10H2,1-2H3. The first-order valence-corrected chi connectivity index (χ1v) is 7.24. The molecule has 5 nitrogen and oxygen atoms in total. The van der Waals surface area contributed by atoms with Crippen LogP contribution in [-0.4, -0.2) is 71.8 Å². The lowest BCUT2D eigenvalue weighted by Gasteiger charge is -2.61. The molecule has 3 fully saturated rings. The predicted octanol–water partition coefficient (Wildman–Crippen LogP) is 0.161. The lowest BCUT2D eigenvalue weighted by Crippen LogP contribution is -2.68. The zero-order valence-corrected chi connectivity index (χ0v) is 11.9. The molecule has 0 aromatic rings. The van der Waals surface area contributed by atoms with Gasteiger partial charge in [0.05, 0.1) is 0 Å². The van der Waals surface area contributed by atoms with E-state index in [1.807, 2.05) is 9.80 Å². The number of hydrogen-bond acceptors (Lipinski definition) is 3. The first-order chi connectivity index (χ1) is 8.99. The van der Waals surface area contributed by atoms with Gasteiger partial charge in [0.25, 0.3) is 0 Å². The Hall–Kier alpha value is -1.10. The van der Waals surface area contributed by atoms with E-state index in [1.54, 1.807) is 13.8 Å². The quantitative estimate of drug-likeness (QED) is 0.678. The minimum absolute atomic E-state index is 0.195. The van der Waals surface area contributed by atoms with Gasteiger partial charge in [0, 0.05) is 64.6 Å². The molecule has 0 radical (unpaired) electrons. The van der Waals surface area contributed by atoms with Crippen molar-refractivity contribution in [3.05, 3.63) is 0 Å². The Morgan fingerprint density at radius 3 is 1.89 bits per heavy atom. The molecule has 0 aromatic heterocycles. The van der Waals surface area contributed by atoms with E-state index in [-0.39, 0.29) is 11.8 Å². The fourth-order valence-electron chi connectivity index (χ4n) is 3.84. The summed E-state index contributed by atoms with van der Waals surface area (Å²) in [6.07, 6.45) is 2.47. The van der Waals surface area contributed by atoms with Crippen LogP contribution in [0.15, 0.2) is 0 Å². The van der Waals surface area contributed by atoms with Crippen LogP contribution in [0.3, 0.4) is 0 Å². The number of nitrogens with zero attached hydrogens (tertiary/aromatic N) is 3. The number of hydrogen-bond donors (Lipinski definition) is 0. The number of piperazine rings is 1. The lowest BCUT2D eigenvalue weighted by atomic mass is 9.60. The molecule has 2 amide bonds. The molecule has 3 rings (SSSR count). The SMILES string of the molecule is CC(=O)N1CCN(C2CC3(C2)CN(C(C)=O)C3)CC1. The van der Waals surface area contributed by atoms with E-state index in [0.29, 0.717) is 11.5 Å². The van der Waals surface area contributed by atoms with Gasteiger partial charge in [-0.15, -0.1) is 0 Å². The molecule has 0 atom stereocenters. The van der Waals surface area contributed by atoms with Crippen LogP contribution in [0.4, 0.5) is 0 Å². The van der Waals surface area contributed by atoms with Crippen molar-refractivity contribution < 1.29 is 9.59 Å². The van der Waals surface area contributed by atoms with Crippen molar-refractivity contribution in [3.63, 3.8) is 0 Å². The number of amides is 2. The van der Waals surface area contributed by atoms with Gasteiger partial charge in [-0.1, -0.05) is 0 Å². The Morgan fingerprint density at radius 1 is 0.895 bits per heavy atom. The summed E-state index contributed by atoms with van der Waals surface area (Å²) in [5, 5.41) is 0. The van der Waals surface area contributed by atoms with E-state index in [1.165, 1.54) is 12.8 Å². The second kappa shape index (κ2) is 4.47. The molecule has 2 aliphatic heterocycles. The highest BCUT2D eigenvalue weighted by molar-refractivity contribution is 5.74. The van der Waals surface area contributed by atoms with Crippen LogP contribution < -0.4 is 0 Å². The Kier molecular flexibility index (Phi) is 3.04. The number of carbonyl (C=O) groups excluding carboxylic acids is 2. The van der Waals surface area contributed by atoms with Crippen LogP contribution in [-0.2, 0) is 9.59 Å². The van der Waals surface area contributed by atoms with Crippen LogP contribution in [0.2, 0.25) is 0 Å². The second-order valence-corrected chi connectivity index (χ2v) is 6.48. The van der Waals surface area contributed by atoms with Crippen molar-refractivity contribution in [1.82, 2.24) is 14.7 Å². The van der Waals surface area contributed by atoms with E-state index in [0.717, 1.165) is 39.3 Å². The average Bonchev–Trinajstić information content (AvgIpc) is 2.25. The molecule has 106 valence electrons. The first-order valence-electron chi connectivity index (χ1n) is 7.24. The molecule has 0 unspecified atom stereocenters. The first kappa shape index (κ1) is 12.9. The van der Waals surface area contributed by atoms with Crippen LogP contribution in [0.5, 0.6) is 0 Å². The van der Waals surface area contributed by atoms with E-state index < -0.39 is 0 Å². The van der Waals surface area contributed by atoms with Gasteiger partial charge in [0.1, 0.15) is 0 Å². The summed E-state index contributed by atoms with van der Waals surface area (Å²) in [4.78, 5) is 28.9. The molecule has 2 heterocycles. The monoisotopic (exact) mass is 265 g/mol. The van der Waals surface area contributed by atoms with Gasteiger partial charge in [-0.2, -0.15) is 0 Å². The maximum Gasteiger partial charge on any atom is 0.219 e. The van der Waals surface area contributed by atoms with Crippen LogP contribution in [0.25, 0.3) is 0 Å². The smallest absolute Gasteiger partial charge is 0.219 e. The van der Waals surface area contributed by atoms with Gasteiger partial charge in [0.15, 0.2) is 0 Å². The highest BCUT2D eigenvalue weighted by Gasteiger charge is 2.54. The minimum Gasteiger partial charge on any atom is -0.342 e. The number of rotatable bonds is 1. The van der Waals surface area contributed by atoms with Gasteiger partial charge < -0.3 is 9.80 Å². The van der Waals surface area contributed by atoms with Crippen molar-refractivity contribution in [2.45, 2.75) is 32.7 Å². The highest BCUT2D eigenvalue weighted by Crippen LogP contribution is 2.50. The highest BCUT2D eigenvalue weighted by atomic mass is 16.2. The molecule has 1 saturated carbocycles. The van der Waals surface area contributed by atoms with Crippen molar-refractivity contribution in [2.75, 3.05) is 39.3 Å². The maximum absolute atomic E-state index is 11.3. The van der Waals surface area contributed by atoms with E-state index in [9.17, 15) is 9.59 Å². The molecule has 3 aliphatic rings. The molecular weight excluding hydrogens is 242 g/mol. The minimum atomic E-state index is 0.195. The Balaban J connectivity index is 1.43. The molecule has 0 aromatic carbocycles. The zero-order chi connectivity index (χ0) is 13.6. The molecule has 1 aliphatic carbocycles. The van der Waals surface area contributed by atoms with Crippen LogP contribution >= 0.6 is 0 Å². The van der Waals surface area contributed by atoms with Crippen molar-refractivity contribution in [1.29, 1.82) is 0 Å².